The molecular formula is C18H24FN3O4S2. The van der Waals surface area contributed by atoms with Gasteiger partial charge in [-0.15, -0.1) is 0 Å². The third-order valence-electron chi connectivity index (χ3n) is 4.96. The first-order valence-electron chi connectivity index (χ1n) is 9.03. The molecule has 154 valence electrons. The number of sulfone groups is 1. The Bertz CT molecular complexity index is 1080. The van der Waals surface area contributed by atoms with Gasteiger partial charge in [0.25, 0.3) is 10.0 Å². The first kappa shape index (κ1) is 20.9. The van der Waals surface area contributed by atoms with Crippen molar-refractivity contribution in [3.63, 3.8) is 0 Å². The van der Waals surface area contributed by atoms with Crippen molar-refractivity contribution in [3.8, 4) is 0 Å². The molecule has 1 fully saturated rings. The Labute approximate surface area is 165 Å². The molecule has 1 aliphatic rings. The monoisotopic (exact) mass is 429 g/mol. The summed E-state index contributed by atoms with van der Waals surface area (Å²) in [6.07, 6.45) is 1.44. The molecule has 0 bridgehead atoms. The van der Waals surface area contributed by atoms with Gasteiger partial charge in [0, 0.05) is 37.8 Å². The number of imidazole rings is 1. The highest BCUT2D eigenvalue weighted by Gasteiger charge is 2.37. The highest BCUT2D eigenvalue weighted by Crippen LogP contribution is 2.32. The molecule has 1 aromatic carbocycles. The Balaban J connectivity index is 1.92. The van der Waals surface area contributed by atoms with Gasteiger partial charge in [-0.05, 0) is 12.5 Å². The van der Waals surface area contributed by atoms with Gasteiger partial charge in [-0.3, -0.25) is 0 Å². The van der Waals surface area contributed by atoms with Crippen LogP contribution in [0, 0.1) is 5.82 Å². The molecule has 2 aromatic rings. The molecule has 1 unspecified atom stereocenters. The summed E-state index contributed by atoms with van der Waals surface area (Å²) in [5.41, 5.74) is 0.0849. The second kappa shape index (κ2) is 7.57. The van der Waals surface area contributed by atoms with Gasteiger partial charge in [-0.25, -0.2) is 26.2 Å². The largest absolute Gasteiger partial charge is 0.336 e. The lowest BCUT2D eigenvalue weighted by Crippen LogP contribution is -2.33. The van der Waals surface area contributed by atoms with Gasteiger partial charge < -0.3 is 4.57 Å². The van der Waals surface area contributed by atoms with Crippen LogP contribution < -0.4 is 0 Å². The van der Waals surface area contributed by atoms with Crippen LogP contribution in [0.5, 0.6) is 0 Å². The number of sulfonamides is 1. The van der Waals surface area contributed by atoms with Crippen LogP contribution in [0.1, 0.15) is 42.8 Å². The summed E-state index contributed by atoms with van der Waals surface area (Å²) in [5.74, 6) is -0.289. The molecule has 2 heterocycles. The standard InChI is InChI=1S/C18H24FN3O4S2/c1-13(2)18-20-17(12-21(18)3)28(25,26)22-9-8-16(27(23,24)11-10-22)14-6-4-5-7-15(14)19/h4-7,12-13,16H,8-11H2,1-3H3. The smallest absolute Gasteiger partial charge is 0.262 e. The molecule has 3 rings (SSSR count). The molecule has 0 radical (unpaired) electrons. The predicted molar refractivity (Wildman–Crippen MR) is 104 cm³/mol. The van der Waals surface area contributed by atoms with Crippen LogP contribution >= 0.6 is 0 Å². The third-order valence-corrected chi connectivity index (χ3v) is 8.84. The molecule has 0 aliphatic carbocycles. The first-order chi connectivity index (χ1) is 13.0. The summed E-state index contributed by atoms with van der Waals surface area (Å²) >= 11 is 0. The number of rotatable bonds is 4. The second-order valence-electron chi connectivity index (χ2n) is 7.27. The average molecular weight is 430 g/mol. The molecule has 0 N–H and O–H groups in total. The summed E-state index contributed by atoms with van der Waals surface area (Å²) in [5, 5.41) is -1.16. The number of nitrogens with zero attached hydrogens (tertiary/aromatic N) is 3. The number of aromatic nitrogens is 2. The van der Waals surface area contributed by atoms with Crippen molar-refractivity contribution in [2.45, 2.75) is 36.5 Å². The topological polar surface area (TPSA) is 89.3 Å². The highest BCUT2D eigenvalue weighted by molar-refractivity contribution is 7.92. The van der Waals surface area contributed by atoms with Crippen molar-refractivity contribution in [1.29, 1.82) is 0 Å². The lowest BCUT2D eigenvalue weighted by molar-refractivity contribution is 0.425. The number of hydrogen-bond donors (Lipinski definition) is 0. The van der Waals surface area contributed by atoms with Gasteiger partial charge in [0.05, 0.1) is 11.0 Å². The van der Waals surface area contributed by atoms with E-state index in [1.807, 2.05) is 13.8 Å². The molecule has 0 saturated carbocycles. The summed E-state index contributed by atoms with van der Waals surface area (Å²) in [6, 6.07) is 5.72. The Morgan fingerprint density at radius 3 is 2.50 bits per heavy atom. The number of aryl methyl sites for hydroxylation is 1. The first-order valence-corrected chi connectivity index (χ1v) is 12.2. The number of halogens is 1. The summed E-state index contributed by atoms with van der Waals surface area (Å²) in [6.45, 7) is 3.63. The van der Waals surface area contributed by atoms with E-state index in [1.165, 1.54) is 24.4 Å². The SMILES string of the molecule is CC(C)c1nc(S(=O)(=O)N2CCC(c3ccccc3F)S(=O)(=O)CC2)cn1C. The van der Waals surface area contributed by atoms with E-state index in [9.17, 15) is 21.2 Å². The van der Waals surface area contributed by atoms with E-state index >= 15 is 0 Å². The zero-order valence-corrected chi connectivity index (χ0v) is 17.7. The van der Waals surface area contributed by atoms with E-state index in [1.54, 1.807) is 17.7 Å². The molecule has 1 atom stereocenters. The normalized spacial score (nSPS) is 21.0. The van der Waals surface area contributed by atoms with Crippen molar-refractivity contribution < 1.29 is 21.2 Å². The van der Waals surface area contributed by atoms with Crippen LogP contribution in [-0.4, -0.2) is 49.5 Å². The highest BCUT2D eigenvalue weighted by atomic mass is 32.2. The number of benzene rings is 1. The van der Waals surface area contributed by atoms with Gasteiger partial charge in [0.2, 0.25) is 0 Å². The Kier molecular flexibility index (Phi) is 5.66. The van der Waals surface area contributed by atoms with Gasteiger partial charge in [0.1, 0.15) is 11.6 Å². The zero-order chi connectivity index (χ0) is 20.7. The average Bonchev–Trinajstić information content (AvgIpc) is 2.93. The summed E-state index contributed by atoms with van der Waals surface area (Å²) in [7, 11) is -5.92. The Morgan fingerprint density at radius 1 is 1.21 bits per heavy atom. The zero-order valence-electron chi connectivity index (χ0n) is 16.0. The van der Waals surface area contributed by atoms with Crippen LogP contribution in [0.25, 0.3) is 0 Å². The van der Waals surface area contributed by atoms with Crippen LogP contribution in [0.2, 0.25) is 0 Å². The molecule has 1 aliphatic heterocycles. The maximum Gasteiger partial charge on any atom is 0.262 e. The van der Waals surface area contributed by atoms with E-state index in [4.69, 9.17) is 0 Å². The summed E-state index contributed by atoms with van der Waals surface area (Å²) < 4.78 is 68.4. The van der Waals surface area contributed by atoms with E-state index in [0.717, 1.165) is 4.31 Å². The van der Waals surface area contributed by atoms with Crippen molar-refractivity contribution in [3.05, 3.63) is 47.7 Å². The minimum atomic E-state index is -3.94. The van der Waals surface area contributed by atoms with Crippen LogP contribution in [-0.2, 0) is 26.9 Å². The minimum absolute atomic E-state index is 0.00757. The van der Waals surface area contributed by atoms with E-state index < -0.39 is 30.9 Å². The third kappa shape index (κ3) is 3.85. The summed E-state index contributed by atoms with van der Waals surface area (Å²) in [4.78, 5) is 4.24. The predicted octanol–water partition coefficient (Wildman–Crippen LogP) is 2.23. The number of hydrogen-bond acceptors (Lipinski definition) is 5. The van der Waals surface area contributed by atoms with Crippen molar-refractivity contribution >= 4 is 19.9 Å². The van der Waals surface area contributed by atoms with E-state index in [2.05, 4.69) is 4.98 Å². The van der Waals surface area contributed by atoms with Crippen LogP contribution in [0.15, 0.2) is 35.5 Å². The van der Waals surface area contributed by atoms with Gasteiger partial charge in [-0.1, -0.05) is 32.0 Å². The van der Waals surface area contributed by atoms with Gasteiger partial charge >= 0.3 is 0 Å². The minimum Gasteiger partial charge on any atom is -0.336 e. The van der Waals surface area contributed by atoms with Crippen molar-refractivity contribution in [1.82, 2.24) is 13.9 Å². The molecule has 0 spiro atoms. The van der Waals surface area contributed by atoms with E-state index in [-0.39, 0.29) is 41.8 Å². The fourth-order valence-corrected chi connectivity index (χ4v) is 6.85. The molecule has 28 heavy (non-hydrogen) atoms. The fraction of sp³-hybridized carbons (Fsp3) is 0.500. The molecular weight excluding hydrogens is 405 g/mol. The lowest BCUT2D eigenvalue weighted by atomic mass is 10.1. The molecule has 0 amide bonds. The molecule has 1 aromatic heterocycles. The van der Waals surface area contributed by atoms with E-state index in [0.29, 0.717) is 5.82 Å². The van der Waals surface area contributed by atoms with Crippen LogP contribution in [0.3, 0.4) is 0 Å². The quantitative estimate of drug-likeness (QED) is 0.744. The fourth-order valence-electron chi connectivity index (χ4n) is 3.49. The Hall–Kier alpha value is -1.78. The molecule has 7 nitrogen and oxygen atoms in total. The van der Waals surface area contributed by atoms with Crippen molar-refractivity contribution in [2.24, 2.45) is 7.05 Å². The Morgan fingerprint density at radius 2 is 1.89 bits per heavy atom. The molecule has 10 heteroatoms. The van der Waals surface area contributed by atoms with Crippen LogP contribution in [0.4, 0.5) is 4.39 Å². The van der Waals surface area contributed by atoms with Gasteiger partial charge in [0.15, 0.2) is 14.9 Å². The second-order valence-corrected chi connectivity index (χ2v) is 11.5. The van der Waals surface area contributed by atoms with Gasteiger partial charge in [-0.2, -0.15) is 4.31 Å². The van der Waals surface area contributed by atoms with Crippen molar-refractivity contribution in [2.75, 3.05) is 18.8 Å². The maximum absolute atomic E-state index is 14.2. The maximum atomic E-state index is 14.2. The lowest BCUT2D eigenvalue weighted by Gasteiger charge is -2.18. The molecule has 1 saturated heterocycles.